The molecule has 0 atom stereocenters. The highest BCUT2D eigenvalue weighted by atomic mass is 79.9. The number of nitrogens with two attached hydrogens (primary N) is 1. The molecule has 0 aliphatic rings. The number of hydrogen-bond acceptors (Lipinski definition) is 3. The van der Waals surface area contributed by atoms with E-state index in [4.69, 9.17) is 10.5 Å². The molecule has 0 spiro atoms. The minimum Gasteiger partial charge on any atom is -0.435 e. The van der Waals surface area contributed by atoms with Gasteiger partial charge in [-0.1, -0.05) is 12.1 Å². The van der Waals surface area contributed by atoms with Crippen LogP contribution in [-0.4, -0.2) is 4.98 Å². The van der Waals surface area contributed by atoms with Crippen molar-refractivity contribution in [1.29, 1.82) is 0 Å². The maximum atomic E-state index is 13.3. The van der Waals surface area contributed by atoms with Crippen molar-refractivity contribution in [3.05, 3.63) is 46.4 Å². The number of halogens is 3. The standard InChI is InChI=1S/C11H7BrF2N2O/c12-6-3-1-2-4-9(6)17-11-8(14)5-7(13)10(15)16-11/h1-5H,(H2,15,16). The third-order valence-electron chi connectivity index (χ3n) is 1.97. The van der Waals surface area contributed by atoms with Crippen molar-refractivity contribution in [2.24, 2.45) is 0 Å². The summed E-state index contributed by atoms with van der Waals surface area (Å²) in [7, 11) is 0. The van der Waals surface area contributed by atoms with Gasteiger partial charge in [-0.2, -0.15) is 4.98 Å². The molecular weight excluding hydrogens is 294 g/mol. The summed E-state index contributed by atoms with van der Waals surface area (Å²) in [6.45, 7) is 0. The number of hydrogen-bond donors (Lipinski definition) is 1. The lowest BCUT2D eigenvalue weighted by molar-refractivity contribution is 0.416. The number of para-hydroxylation sites is 1. The van der Waals surface area contributed by atoms with Gasteiger partial charge in [0.1, 0.15) is 5.75 Å². The van der Waals surface area contributed by atoms with Crippen LogP contribution in [0.25, 0.3) is 0 Å². The van der Waals surface area contributed by atoms with Gasteiger partial charge in [0.25, 0.3) is 5.88 Å². The van der Waals surface area contributed by atoms with E-state index in [1.54, 1.807) is 24.3 Å². The lowest BCUT2D eigenvalue weighted by atomic mass is 10.3. The Morgan fingerprint density at radius 2 is 1.88 bits per heavy atom. The van der Waals surface area contributed by atoms with Gasteiger partial charge in [0.05, 0.1) is 4.47 Å². The van der Waals surface area contributed by atoms with Crippen LogP contribution < -0.4 is 10.5 Å². The Balaban J connectivity index is 2.37. The zero-order chi connectivity index (χ0) is 12.4. The van der Waals surface area contributed by atoms with Crippen LogP contribution in [0.1, 0.15) is 0 Å². The van der Waals surface area contributed by atoms with Crippen molar-refractivity contribution in [3.8, 4) is 11.6 Å². The SMILES string of the molecule is Nc1nc(Oc2ccccc2Br)c(F)cc1F. The Morgan fingerprint density at radius 1 is 1.18 bits per heavy atom. The molecule has 0 saturated heterocycles. The summed E-state index contributed by atoms with van der Waals surface area (Å²) >= 11 is 3.23. The first-order valence-electron chi connectivity index (χ1n) is 4.62. The number of aromatic nitrogens is 1. The van der Waals surface area contributed by atoms with Crippen LogP contribution in [0.3, 0.4) is 0 Å². The van der Waals surface area contributed by atoms with E-state index in [0.29, 0.717) is 16.3 Å². The molecule has 0 bridgehead atoms. The molecule has 88 valence electrons. The van der Waals surface area contributed by atoms with Crippen LogP contribution >= 0.6 is 15.9 Å². The summed E-state index contributed by atoms with van der Waals surface area (Å²) in [4.78, 5) is 3.49. The number of anilines is 1. The van der Waals surface area contributed by atoms with Crippen molar-refractivity contribution in [1.82, 2.24) is 4.98 Å². The molecule has 1 heterocycles. The van der Waals surface area contributed by atoms with Crippen LogP contribution in [0.15, 0.2) is 34.8 Å². The molecule has 0 aliphatic carbocycles. The first-order chi connectivity index (χ1) is 8.08. The summed E-state index contributed by atoms with van der Waals surface area (Å²) in [6.07, 6.45) is 0. The van der Waals surface area contributed by atoms with Gasteiger partial charge in [-0.25, -0.2) is 8.78 Å². The van der Waals surface area contributed by atoms with Crippen LogP contribution in [-0.2, 0) is 0 Å². The van der Waals surface area contributed by atoms with Crippen LogP contribution in [0.2, 0.25) is 0 Å². The Morgan fingerprint density at radius 3 is 2.59 bits per heavy atom. The van der Waals surface area contributed by atoms with Gasteiger partial charge in [-0.05, 0) is 28.1 Å². The summed E-state index contributed by atoms with van der Waals surface area (Å²) in [5, 5.41) is 0. The lowest BCUT2D eigenvalue weighted by Crippen LogP contribution is -2.00. The van der Waals surface area contributed by atoms with E-state index >= 15 is 0 Å². The van der Waals surface area contributed by atoms with Crippen LogP contribution in [0.5, 0.6) is 11.6 Å². The minimum absolute atomic E-state index is 0.365. The summed E-state index contributed by atoms with van der Waals surface area (Å²) in [5.74, 6) is -2.23. The second-order valence-corrected chi connectivity index (χ2v) is 4.03. The average Bonchev–Trinajstić information content (AvgIpc) is 2.29. The molecule has 1 aromatic carbocycles. The average molecular weight is 301 g/mol. The van der Waals surface area contributed by atoms with Crippen molar-refractivity contribution < 1.29 is 13.5 Å². The van der Waals surface area contributed by atoms with Gasteiger partial charge in [0.15, 0.2) is 17.5 Å². The first-order valence-corrected chi connectivity index (χ1v) is 5.41. The molecule has 2 N–H and O–H groups in total. The predicted molar refractivity (Wildman–Crippen MR) is 62.8 cm³/mol. The fraction of sp³-hybridized carbons (Fsp3) is 0. The molecule has 0 saturated carbocycles. The quantitative estimate of drug-likeness (QED) is 0.923. The van der Waals surface area contributed by atoms with Gasteiger partial charge >= 0.3 is 0 Å². The van der Waals surface area contributed by atoms with Crippen LogP contribution in [0, 0.1) is 11.6 Å². The normalized spacial score (nSPS) is 10.3. The molecule has 0 aliphatic heterocycles. The Hall–Kier alpha value is -1.69. The topological polar surface area (TPSA) is 48.1 Å². The van der Waals surface area contributed by atoms with Gasteiger partial charge in [-0.3, -0.25) is 0 Å². The van der Waals surface area contributed by atoms with Crippen molar-refractivity contribution in [2.75, 3.05) is 5.73 Å². The van der Waals surface area contributed by atoms with E-state index < -0.39 is 17.5 Å². The molecule has 17 heavy (non-hydrogen) atoms. The predicted octanol–water partition coefficient (Wildman–Crippen LogP) is 3.50. The maximum Gasteiger partial charge on any atom is 0.258 e. The zero-order valence-electron chi connectivity index (χ0n) is 8.45. The van der Waals surface area contributed by atoms with Gasteiger partial charge in [0.2, 0.25) is 0 Å². The molecule has 6 heteroatoms. The first kappa shape index (κ1) is 11.8. The highest BCUT2D eigenvalue weighted by Crippen LogP contribution is 2.30. The molecule has 0 radical (unpaired) electrons. The summed E-state index contributed by atoms with van der Waals surface area (Å²) in [5.41, 5.74) is 5.24. The van der Waals surface area contributed by atoms with Crippen molar-refractivity contribution in [3.63, 3.8) is 0 Å². The van der Waals surface area contributed by atoms with E-state index in [0.717, 1.165) is 0 Å². The molecular formula is C11H7BrF2N2O. The second-order valence-electron chi connectivity index (χ2n) is 3.17. The highest BCUT2D eigenvalue weighted by molar-refractivity contribution is 9.10. The number of ether oxygens (including phenoxy) is 1. The monoisotopic (exact) mass is 300 g/mol. The molecule has 0 fully saturated rings. The second kappa shape index (κ2) is 4.67. The number of benzene rings is 1. The molecule has 2 aromatic rings. The van der Waals surface area contributed by atoms with Crippen molar-refractivity contribution in [2.45, 2.75) is 0 Å². The molecule has 0 amide bonds. The van der Waals surface area contributed by atoms with E-state index in [1.165, 1.54) is 0 Å². The van der Waals surface area contributed by atoms with Crippen LogP contribution in [0.4, 0.5) is 14.6 Å². The molecule has 1 aromatic heterocycles. The van der Waals surface area contributed by atoms with Crippen molar-refractivity contribution >= 4 is 21.7 Å². The zero-order valence-corrected chi connectivity index (χ0v) is 10.0. The lowest BCUT2D eigenvalue weighted by Gasteiger charge is -2.08. The molecule has 2 rings (SSSR count). The van der Waals surface area contributed by atoms with Gasteiger partial charge in [0, 0.05) is 6.07 Å². The minimum atomic E-state index is -0.915. The fourth-order valence-electron chi connectivity index (χ4n) is 1.17. The molecule has 0 unspecified atom stereocenters. The van der Waals surface area contributed by atoms with E-state index in [9.17, 15) is 8.78 Å². The highest BCUT2D eigenvalue weighted by Gasteiger charge is 2.12. The number of pyridine rings is 1. The van der Waals surface area contributed by atoms with E-state index in [-0.39, 0.29) is 5.88 Å². The summed E-state index contributed by atoms with van der Waals surface area (Å²) in [6, 6.07) is 7.46. The van der Waals surface area contributed by atoms with Gasteiger partial charge in [-0.15, -0.1) is 0 Å². The Kier molecular flexibility index (Phi) is 3.23. The largest absolute Gasteiger partial charge is 0.435 e. The van der Waals surface area contributed by atoms with Gasteiger partial charge < -0.3 is 10.5 Å². The number of nitrogen functional groups attached to an aromatic ring is 1. The maximum absolute atomic E-state index is 13.3. The fourth-order valence-corrected chi connectivity index (χ4v) is 1.53. The Labute approximate surface area is 104 Å². The summed E-state index contributed by atoms with van der Waals surface area (Å²) < 4.78 is 32.1. The van der Waals surface area contributed by atoms with E-state index in [1.807, 2.05) is 0 Å². The third kappa shape index (κ3) is 2.52. The molecule has 3 nitrogen and oxygen atoms in total. The number of nitrogens with zero attached hydrogens (tertiary/aromatic N) is 1. The number of rotatable bonds is 2. The van der Waals surface area contributed by atoms with E-state index in [2.05, 4.69) is 20.9 Å². The smallest absolute Gasteiger partial charge is 0.258 e. The third-order valence-corrected chi connectivity index (χ3v) is 2.62. The Bertz CT molecular complexity index is 563.